The monoisotopic (exact) mass is 384 g/mol. The van der Waals surface area contributed by atoms with E-state index in [1.54, 1.807) is 18.2 Å². The van der Waals surface area contributed by atoms with E-state index in [0.29, 0.717) is 16.9 Å². The lowest BCUT2D eigenvalue weighted by molar-refractivity contribution is 0.0908. The second kappa shape index (κ2) is 7.44. The average molecular weight is 385 g/mol. The van der Waals surface area contributed by atoms with Crippen molar-refractivity contribution in [2.45, 2.75) is 36.7 Å². The first-order valence-electron chi connectivity index (χ1n) is 9.44. The topological polar surface area (TPSA) is 66.5 Å². The van der Waals surface area contributed by atoms with Crippen molar-refractivity contribution in [2.75, 3.05) is 18.8 Å². The maximum atomic E-state index is 12.6. The SMILES string of the molecule is O=C(NC1CCN(Cc2ccccc2)CC1)c1ccc2c(c1)CCS2(=O)=O. The third-order valence-corrected chi connectivity index (χ3v) is 7.28. The highest BCUT2D eigenvalue weighted by atomic mass is 32.2. The summed E-state index contributed by atoms with van der Waals surface area (Å²) in [5.74, 6) is 0.0383. The molecule has 2 aliphatic rings. The summed E-state index contributed by atoms with van der Waals surface area (Å²) in [4.78, 5) is 15.4. The number of benzene rings is 2. The van der Waals surface area contributed by atoms with Gasteiger partial charge >= 0.3 is 0 Å². The first kappa shape index (κ1) is 18.2. The highest BCUT2D eigenvalue weighted by molar-refractivity contribution is 7.91. The summed E-state index contributed by atoms with van der Waals surface area (Å²) in [6.45, 7) is 2.87. The molecule has 0 radical (unpaired) electrons. The molecule has 6 heteroatoms. The predicted molar refractivity (Wildman–Crippen MR) is 104 cm³/mol. The molecule has 1 saturated heterocycles. The molecule has 0 saturated carbocycles. The Morgan fingerprint density at radius 3 is 2.56 bits per heavy atom. The Morgan fingerprint density at radius 1 is 1.07 bits per heavy atom. The average Bonchev–Trinajstić information content (AvgIpc) is 2.98. The summed E-state index contributed by atoms with van der Waals surface area (Å²) < 4.78 is 23.8. The fourth-order valence-electron chi connectivity index (χ4n) is 3.92. The zero-order valence-corrected chi connectivity index (χ0v) is 16.0. The predicted octanol–water partition coefficient (Wildman–Crippen LogP) is 2.41. The number of sulfone groups is 1. The Morgan fingerprint density at radius 2 is 1.81 bits per heavy atom. The van der Waals surface area contributed by atoms with Crippen LogP contribution in [0.5, 0.6) is 0 Å². The lowest BCUT2D eigenvalue weighted by atomic mass is 10.0. The summed E-state index contributed by atoms with van der Waals surface area (Å²) in [5.41, 5.74) is 2.63. The Labute approximate surface area is 160 Å². The Bertz CT molecular complexity index is 933. The number of likely N-dealkylation sites (tertiary alicyclic amines) is 1. The van der Waals surface area contributed by atoms with Crippen LogP contribution in [0.2, 0.25) is 0 Å². The third-order valence-electron chi connectivity index (χ3n) is 5.47. The molecule has 5 nitrogen and oxygen atoms in total. The summed E-state index contributed by atoms with van der Waals surface area (Å²) in [6.07, 6.45) is 2.35. The van der Waals surface area contributed by atoms with Gasteiger partial charge in [0, 0.05) is 31.2 Å². The van der Waals surface area contributed by atoms with E-state index < -0.39 is 9.84 Å². The number of nitrogens with zero attached hydrogens (tertiary/aromatic N) is 1. The number of carbonyl (C=O) groups is 1. The van der Waals surface area contributed by atoms with Crippen LogP contribution in [0.25, 0.3) is 0 Å². The maximum Gasteiger partial charge on any atom is 0.251 e. The zero-order valence-electron chi connectivity index (χ0n) is 15.2. The number of rotatable bonds is 4. The molecule has 0 atom stereocenters. The first-order chi connectivity index (χ1) is 13.0. The maximum absolute atomic E-state index is 12.6. The van der Waals surface area contributed by atoms with Crippen LogP contribution < -0.4 is 5.32 Å². The number of piperidine rings is 1. The summed E-state index contributed by atoms with van der Waals surface area (Å²) >= 11 is 0. The number of nitrogens with one attached hydrogen (secondary N) is 1. The van der Waals surface area contributed by atoms with Crippen LogP contribution in [0.3, 0.4) is 0 Å². The Kier molecular flexibility index (Phi) is 5.02. The molecule has 27 heavy (non-hydrogen) atoms. The molecule has 2 heterocycles. The van der Waals surface area contributed by atoms with Crippen LogP contribution in [-0.4, -0.2) is 44.1 Å². The van der Waals surface area contributed by atoms with Crippen molar-refractivity contribution in [1.29, 1.82) is 0 Å². The van der Waals surface area contributed by atoms with Crippen LogP contribution in [0.15, 0.2) is 53.4 Å². The van der Waals surface area contributed by atoms with Gasteiger partial charge in [-0.2, -0.15) is 0 Å². The molecule has 2 aliphatic heterocycles. The fraction of sp³-hybridized carbons (Fsp3) is 0.381. The van der Waals surface area contributed by atoms with Gasteiger partial charge in [0.15, 0.2) is 9.84 Å². The normalized spacial score (nSPS) is 19.6. The Balaban J connectivity index is 1.32. The molecule has 0 spiro atoms. The minimum Gasteiger partial charge on any atom is -0.349 e. The second-order valence-corrected chi connectivity index (χ2v) is 9.48. The molecular formula is C21H24N2O3S. The van der Waals surface area contributed by atoms with Gasteiger partial charge < -0.3 is 5.32 Å². The van der Waals surface area contributed by atoms with E-state index in [9.17, 15) is 13.2 Å². The molecule has 142 valence electrons. The van der Waals surface area contributed by atoms with Crippen molar-refractivity contribution in [1.82, 2.24) is 10.2 Å². The minimum absolute atomic E-state index is 0.108. The lowest BCUT2D eigenvalue weighted by Gasteiger charge is -2.32. The highest BCUT2D eigenvalue weighted by Gasteiger charge is 2.27. The van der Waals surface area contributed by atoms with Crippen molar-refractivity contribution in [3.05, 3.63) is 65.2 Å². The van der Waals surface area contributed by atoms with Crippen LogP contribution >= 0.6 is 0 Å². The molecule has 4 rings (SSSR count). The molecule has 0 bridgehead atoms. The summed E-state index contributed by atoms with van der Waals surface area (Å²) in [5, 5.41) is 3.12. The number of carbonyl (C=O) groups excluding carboxylic acids is 1. The van der Waals surface area contributed by atoms with Gasteiger partial charge in [-0.15, -0.1) is 0 Å². The molecular weight excluding hydrogens is 360 g/mol. The van der Waals surface area contributed by atoms with Gasteiger partial charge in [-0.3, -0.25) is 9.69 Å². The van der Waals surface area contributed by atoms with Crippen molar-refractivity contribution in [3.63, 3.8) is 0 Å². The van der Waals surface area contributed by atoms with Crippen molar-refractivity contribution < 1.29 is 13.2 Å². The van der Waals surface area contributed by atoms with Gasteiger partial charge in [-0.1, -0.05) is 30.3 Å². The van der Waals surface area contributed by atoms with Crippen LogP contribution in [-0.2, 0) is 22.8 Å². The largest absolute Gasteiger partial charge is 0.349 e. The van der Waals surface area contributed by atoms with Gasteiger partial charge in [0.2, 0.25) is 0 Å². The van der Waals surface area contributed by atoms with E-state index in [1.165, 1.54) is 5.56 Å². The second-order valence-electron chi connectivity index (χ2n) is 7.40. The van der Waals surface area contributed by atoms with E-state index in [-0.39, 0.29) is 17.7 Å². The van der Waals surface area contributed by atoms with Crippen LogP contribution in [0.1, 0.15) is 34.3 Å². The van der Waals surface area contributed by atoms with E-state index in [2.05, 4.69) is 34.5 Å². The van der Waals surface area contributed by atoms with Gasteiger partial charge in [-0.25, -0.2) is 8.42 Å². The van der Waals surface area contributed by atoms with Crippen molar-refractivity contribution in [2.24, 2.45) is 0 Å². The van der Waals surface area contributed by atoms with E-state index >= 15 is 0 Å². The fourth-order valence-corrected chi connectivity index (χ4v) is 5.46. The van der Waals surface area contributed by atoms with E-state index in [0.717, 1.165) is 38.0 Å². The molecule has 1 fully saturated rings. The molecule has 1 N–H and O–H groups in total. The molecule has 0 unspecified atom stereocenters. The number of fused-ring (bicyclic) bond motifs is 1. The highest BCUT2D eigenvalue weighted by Crippen LogP contribution is 2.26. The van der Waals surface area contributed by atoms with Gasteiger partial charge in [0.05, 0.1) is 10.6 Å². The van der Waals surface area contributed by atoms with Crippen molar-refractivity contribution >= 4 is 15.7 Å². The van der Waals surface area contributed by atoms with Gasteiger partial charge in [-0.05, 0) is 48.6 Å². The van der Waals surface area contributed by atoms with Gasteiger partial charge in [0.1, 0.15) is 0 Å². The Hall–Kier alpha value is -2.18. The zero-order chi connectivity index (χ0) is 18.9. The molecule has 2 aromatic rings. The quantitative estimate of drug-likeness (QED) is 0.879. The van der Waals surface area contributed by atoms with Gasteiger partial charge in [0.25, 0.3) is 5.91 Å². The number of aryl methyl sites for hydroxylation is 1. The van der Waals surface area contributed by atoms with E-state index in [4.69, 9.17) is 0 Å². The first-order valence-corrected chi connectivity index (χ1v) is 11.1. The van der Waals surface area contributed by atoms with Crippen molar-refractivity contribution in [3.8, 4) is 0 Å². The standard InChI is InChI=1S/C21H24N2O3S/c24-21(18-6-7-20-17(14-18)10-13-27(20,25)26)22-19-8-11-23(12-9-19)15-16-4-2-1-3-5-16/h1-7,14,19H,8-13,15H2,(H,22,24). The molecule has 1 amide bonds. The van der Waals surface area contributed by atoms with Crippen LogP contribution in [0.4, 0.5) is 0 Å². The molecule has 0 aliphatic carbocycles. The van der Waals surface area contributed by atoms with Crippen LogP contribution in [0, 0.1) is 0 Å². The lowest BCUT2D eigenvalue weighted by Crippen LogP contribution is -2.44. The number of hydrogen-bond donors (Lipinski definition) is 1. The summed E-state index contributed by atoms with van der Waals surface area (Å²) in [7, 11) is -3.14. The summed E-state index contributed by atoms with van der Waals surface area (Å²) in [6, 6.07) is 15.5. The molecule has 2 aromatic carbocycles. The number of amides is 1. The molecule has 0 aromatic heterocycles. The third kappa shape index (κ3) is 4.06. The van der Waals surface area contributed by atoms with E-state index in [1.807, 2.05) is 6.07 Å². The smallest absolute Gasteiger partial charge is 0.251 e. The number of hydrogen-bond acceptors (Lipinski definition) is 4. The minimum atomic E-state index is -3.14.